The molecule has 0 aliphatic carbocycles. The maximum absolute atomic E-state index is 15.7. The molecule has 1 amide bonds. The van der Waals surface area contributed by atoms with Gasteiger partial charge in [0.2, 0.25) is 5.91 Å². The number of aliphatic hydroxyl groups is 1. The summed E-state index contributed by atoms with van der Waals surface area (Å²) in [5.74, 6) is -4.25. The Labute approximate surface area is 213 Å². The Kier molecular flexibility index (Phi) is 6.51. The molecule has 2 aliphatic rings. The number of alkyl halides is 2. The van der Waals surface area contributed by atoms with Crippen LogP contribution < -0.4 is 20.5 Å². The van der Waals surface area contributed by atoms with E-state index in [4.69, 9.17) is 22.1 Å². The van der Waals surface area contributed by atoms with E-state index in [2.05, 4.69) is 10.1 Å². The number of amides is 1. The lowest BCUT2D eigenvalue weighted by Gasteiger charge is -2.35. The van der Waals surface area contributed by atoms with Crippen molar-refractivity contribution in [3.8, 4) is 22.6 Å². The summed E-state index contributed by atoms with van der Waals surface area (Å²) in [7, 11) is 0. The SMILES string of the molecule is NC(=O)c1ccc(OC(F)F)c(F)c1-c1c(Cl)c(F)cc2c1C[C@](c1ccccc1)(C1C[C@H](O)CN1)O2. The van der Waals surface area contributed by atoms with E-state index in [1.807, 2.05) is 12.1 Å². The summed E-state index contributed by atoms with van der Waals surface area (Å²) in [6.07, 6.45) is -0.309. The van der Waals surface area contributed by atoms with Gasteiger partial charge in [0, 0.05) is 35.7 Å². The summed E-state index contributed by atoms with van der Waals surface area (Å²) in [4.78, 5) is 12.2. The average molecular weight is 537 g/mol. The molecule has 6 nitrogen and oxygen atoms in total. The molecule has 4 N–H and O–H groups in total. The van der Waals surface area contributed by atoms with E-state index in [1.165, 1.54) is 0 Å². The average Bonchev–Trinajstić information content (AvgIpc) is 3.46. The van der Waals surface area contributed by atoms with Gasteiger partial charge in [0.15, 0.2) is 17.2 Å². The molecule has 1 saturated heterocycles. The summed E-state index contributed by atoms with van der Waals surface area (Å²) >= 11 is 6.35. The lowest BCUT2D eigenvalue weighted by molar-refractivity contribution is -0.0521. The molecular formula is C26H21ClF4N2O4. The number of β-amino-alcohol motifs (C(OH)–C–C–N with tert-alkyl or cyclic N) is 1. The Bertz CT molecular complexity index is 1370. The number of nitrogens with two attached hydrogens (primary N) is 1. The lowest BCUT2D eigenvalue weighted by Crippen LogP contribution is -2.48. The zero-order valence-corrected chi connectivity index (χ0v) is 19.9. The monoisotopic (exact) mass is 536 g/mol. The molecule has 37 heavy (non-hydrogen) atoms. The fourth-order valence-corrected chi connectivity index (χ4v) is 5.47. The molecular weight excluding hydrogens is 516 g/mol. The first-order chi connectivity index (χ1) is 17.6. The quantitative estimate of drug-likeness (QED) is 0.402. The molecule has 0 saturated carbocycles. The molecule has 0 bridgehead atoms. The summed E-state index contributed by atoms with van der Waals surface area (Å²) in [6, 6.07) is 11.5. The van der Waals surface area contributed by atoms with Gasteiger partial charge in [-0.25, -0.2) is 8.78 Å². The normalized spacial score (nSPS) is 22.7. The van der Waals surface area contributed by atoms with Crippen LogP contribution in [-0.2, 0) is 12.0 Å². The molecule has 2 aliphatic heterocycles. The third kappa shape index (κ3) is 4.28. The highest BCUT2D eigenvalue weighted by Gasteiger charge is 2.51. The predicted molar refractivity (Wildman–Crippen MR) is 127 cm³/mol. The van der Waals surface area contributed by atoms with Gasteiger partial charge in [-0.05, 0) is 24.1 Å². The van der Waals surface area contributed by atoms with Crippen molar-refractivity contribution in [3.05, 3.63) is 81.9 Å². The minimum Gasteiger partial charge on any atom is -0.480 e. The molecule has 3 aromatic rings. The van der Waals surface area contributed by atoms with Crippen LogP contribution in [0, 0.1) is 11.6 Å². The largest absolute Gasteiger partial charge is 0.480 e. The van der Waals surface area contributed by atoms with E-state index in [9.17, 15) is 18.7 Å². The highest BCUT2D eigenvalue weighted by Crippen LogP contribution is 2.52. The van der Waals surface area contributed by atoms with Crippen molar-refractivity contribution >= 4 is 17.5 Å². The maximum Gasteiger partial charge on any atom is 0.387 e. The Morgan fingerprint density at radius 3 is 2.54 bits per heavy atom. The smallest absolute Gasteiger partial charge is 0.387 e. The van der Waals surface area contributed by atoms with Crippen LogP contribution in [0.1, 0.15) is 27.9 Å². The van der Waals surface area contributed by atoms with Gasteiger partial charge in [0.1, 0.15) is 11.6 Å². The van der Waals surface area contributed by atoms with Gasteiger partial charge in [-0.2, -0.15) is 8.78 Å². The number of benzene rings is 3. The van der Waals surface area contributed by atoms with Crippen LogP contribution in [-0.4, -0.2) is 36.3 Å². The second-order valence-corrected chi connectivity index (χ2v) is 9.33. The van der Waals surface area contributed by atoms with Crippen molar-refractivity contribution in [2.45, 2.75) is 37.2 Å². The Balaban J connectivity index is 1.75. The van der Waals surface area contributed by atoms with Gasteiger partial charge in [-0.1, -0.05) is 41.9 Å². The first-order valence-corrected chi connectivity index (χ1v) is 11.7. The van der Waals surface area contributed by atoms with Crippen LogP contribution in [0.4, 0.5) is 17.6 Å². The number of carbonyl (C=O) groups is 1. The second-order valence-electron chi connectivity index (χ2n) is 8.95. The van der Waals surface area contributed by atoms with Gasteiger partial charge >= 0.3 is 6.61 Å². The molecule has 1 unspecified atom stereocenters. The third-order valence-electron chi connectivity index (χ3n) is 6.79. The fraction of sp³-hybridized carbons (Fsp3) is 0.269. The number of fused-ring (bicyclic) bond motifs is 1. The number of primary amides is 1. The summed E-state index contributed by atoms with van der Waals surface area (Å²) < 4.78 is 67.3. The lowest BCUT2D eigenvalue weighted by atomic mass is 9.80. The molecule has 0 spiro atoms. The molecule has 3 atom stereocenters. The number of rotatable bonds is 6. The maximum atomic E-state index is 15.7. The topological polar surface area (TPSA) is 93.8 Å². The molecule has 2 heterocycles. The van der Waals surface area contributed by atoms with Crippen molar-refractivity contribution in [2.75, 3.05) is 6.54 Å². The molecule has 5 rings (SSSR count). The van der Waals surface area contributed by atoms with Crippen molar-refractivity contribution in [1.29, 1.82) is 0 Å². The standard InChI is InChI=1S/C26H21ClF4N2O4/c27-22-16(28)9-18-15(20(22)21-14(24(32)35)6-7-17(23(21)29)36-25(30)31)10-26(37-18,12-4-2-1-3-5-12)19-8-13(34)11-33-19/h1-7,9,13,19,25,33-34H,8,10-11H2,(H2,32,35)/t13-,19?,26-/m0/s1. The van der Waals surface area contributed by atoms with Gasteiger partial charge in [-0.3, -0.25) is 4.79 Å². The van der Waals surface area contributed by atoms with Crippen molar-refractivity contribution in [2.24, 2.45) is 5.73 Å². The molecule has 1 fully saturated rings. The number of hydrogen-bond donors (Lipinski definition) is 3. The van der Waals surface area contributed by atoms with Crippen LogP contribution in [0.5, 0.6) is 11.5 Å². The number of aliphatic hydroxyl groups excluding tert-OH is 1. The van der Waals surface area contributed by atoms with Gasteiger partial charge in [-0.15, -0.1) is 0 Å². The predicted octanol–water partition coefficient (Wildman–Crippen LogP) is 4.54. The van der Waals surface area contributed by atoms with E-state index in [-0.39, 0.29) is 23.3 Å². The highest BCUT2D eigenvalue weighted by molar-refractivity contribution is 6.34. The Morgan fingerprint density at radius 1 is 1.19 bits per heavy atom. The number of hydrogen-bond acceptors (Lipinski definition) is 5. The van der Waals surface area contributed by atoms with E-state index in [0.717, 1.165) is 18.2 Å². The first-order valence-electron chi connectivity index (χ1n) is 11.4. The first kappa shape index (κ1) is 25.3. The molecule has 0 aromatic heterocycles. The van der Waals surface area contributed by atoms with E-state index in [1.54, 1.807) is 18.2 Å². The van der Waals surface area contributed by atoms with E-state index in [0.29, 0.717) is 18.5 Å². The third-order valence-corrected chi connectivity index (χ3v) is 7.16. The van der Waals surface area contributed by atoms with Crippen LogP contribution in [0.2, 0.25) is 5.02 Å². The zero-order valence-electron chi connectivity index (χ0n) is 19.1. The summed E-state index contributed by atoms with van der Waals surface area (Å²) in [5.41, 5.74) is 4.02. The van der Waals surface area contributed by atoms with Crippen LogP contribution in [0.25, 0.3) is 11.1 Å². The Morgan fingerprint density at radius 2 is 1.92 bits per heavy atom. The van der Waals surface area contributed by atoms with Crippen LogP contribution >= 0.6 is 11.6 Å². The zero-order chi connectivity index (χ0) is 26.5. The Hall–Kier alpha value is -3.34. The van der Waals surface area contributed by atoms with Gasteiger partial charge < -0.3 is 25.6 Å². The van der Waals surface area contributed by atoms with Crippen LogP contribution in [0.15, 0.2) is 48.5 Å². The van der Waals surface area contributed by atoms with Gasteiger partial charge in [0.25, 0.3) is 0 Å². The number of ether oxygens (including phenoxy) is 2. The molecule has 3 aromatic carbocycles. The van der Waals surface area contributed by atoms with Crippen molar-refractivity contribution in [1.82, 2.24) is 5.32 Å². The van der Waals surface area contributed by atoms with Crippen molar-refractivity contribution < 1.29 is 36.9 Å². The number of nitrogens with one attached hydrogen (secondary N) is 1. The van der Waals surface area contributed by atoms with Gasteiger partial charge in [0.05, 0.1) is 22.7 Å². The molecule has 11 heteroatoms. The number of carbonyl (C=O) groups excluding carboxylic acids is 1. The fourth-order valence-electron chi connectivity index (χ4n) is 5.21. The number of halogens is 5. The molecule has 0 radical (unpaired) electrons. The minimum atomic E-state index is -3.36. The summed E-state index contributed by atoms with van der Waals surface area (Å²) in [6.45, 7) is -3.06. The minimum absolute atomic E-state index is 0.0268. The van der Waals surface area contributed by atoms with E-state index < -0.39 is 63.8 Å². The summed E-state index contributed by atoms with van der Waals surface area (Å²) in [5, 5.41) is 12.9. The van der Waals surface area contributed by atoms with Crippen molar-refractivity contribution in [3.63, 3.8) is 0 Å². The molecule has 194 valence electrons. The second kappa shape index (κ2) is 9.51. The van der Waals surface area contributed by atoms with Crippen LogP contribution in [0.3, 0.4) is 0 Å². The van der Waals surface area contributed by atoms with E-state index >= 15 is 8.78 Å². The highest BCUT2D eigenvalue weighted by atomic mass is 35.5.